The molecule has 0 bridgehead atoms. The number of halogens is 1. The highest BCUT2D eigenvalue weighted by molar-refractivity contribution is 5.94. The molecule has 1 atom stereocenters. The van der Waals surface area contributed by atoms with Crippen molar-refractivity contribution >= 4 is 17.3 Å². The van der Waals surface area contributed by atoms with Gasteiger partial charge in [0, 0.05) is 0 Å². The zero-order valence-corrected chi connectivity index (χ0v) is 12.8. The number of nitrogen functional groups attached to an aromatic ring is 1. The fourth-order valence-electron chi connectivity index (χ4n) is 1.99. The van der Waals surface area contributed by atoms with Crippen LogP contribution in [0.5, 0.6) is 0 Å². The minimum atomic E-state index is -0.428. The van der Waals surface area contributed by atoms with Crippen LogP contribution in [0.1, 0.15) is 46.0 Å². The van der Waals surface area contributed by atoms with Gasteiger partial charge in [0.25, 0.3) is 0 Å². The van der Waals surface area contributed by atoms with E-state index in [1.165, 1.54) is 37.5 Å². The van der Waals surface area contributed by atoms with E-state index in [-0.39, 0.29) is 24.3 Å². The fourth-order valence-corrected chi connectivity index (χ4v) is 1.99. The normalized spacial score (nSPS) is 12.1. The summed E-state index contributed by atoms with van der Waals surface area (Å²) >= 11 is 0. The van der Waals surface area contributed by atoms with Crippen LogP contribution in [0.3, 0.4) is 0 Å². The molecule has 0 saturated heterocycles. The lowest BCUT2D eigenvalue weighted by Gasteiger charge is -2.13. The molecule has 4 nitrogen and oxygen atoms in total. The Labute approximate surface area is 125 Å². The van der Waals surface area contributed by atoms with E-state index in [0.717, 1.165) is 12.8 Å². The number of amides is 1. The van der Waals surface area contributed by atoms with Crippen molar-refractivity contribution in [3.05, 3.63) is 24.0 Å². The molecule has 21 heavy (non-hydrogen) atoms. The number of hydrogen-bond donors (Lipinski definition) is 2. The van der Waals surface area contributed by atoms with E-state index in [4.69, 9.17) is 10.5 Å². The molecule has 0 aliphatic carbocycles. The largest absolute Gasteiger partial charge is 0.397 e. The van der Waals surface area contributed by atoms with Crippen LogP contribution in [0, 0.1) is 5.82 Å². The average molecular weight is 296 g/mol. The van der Waals surface area contributed by atoms with E-state index >= 15 is 0 Å². The van der Waals surface area contributed by atoms with Gasteiger partial charge in [0.15, 0.2) is 0 Å². The second-order valence-electron chi connectivity index (χ2n) is 5.25. The van der Waals surface area contributed by atoms with Crippen LogP contribution < -0.4 is 11.1 Å². The Morgan fingerprint density at radius 2 is 2.14 bits per heavy atom. The van der Waals surface area contributed by atoms with Crippen LogP contribution >= 0.6 is 0 Å². The molecular formula is C16H25FN2O2. The minimum absolute atomic E-state index is 0.0221. The first kappa shape index (κ1) is 17.4. The third kappa shape index (κ3) is 7.09. The zero-order valence-electron chi connectivity index (χ0n) is 12.8. The van der Waals surface area contributed by atoms with Crippen molar-refractivity contribution in [1.29, 1.82) is 0 Å². The number of carbonyl (C=O) groups excluding carboxylic acids is 1. The summed E-state index contributed by atoms with van der Waals surface area (Å²) in [6.07, 6.45) is 5.75. The second kappa shape index (κ2) is 9.34. The Morgan fingerprint density at radius 1 is 1.38 bits per heavy atom. The SMILES string of the molecule is CCCCCCC(C)OCC(=O)Nc1ccc(F)cc1N. The Hall–Kier alpha value is -1.62. The Balaban J connectivity index is 2.27. The van der Waals surface area contributed by atoms with E-state index in [0.29, 0.717) is 5.69 Å². The van der Waals surface area contributed by atoms with Gasteiger partial charge < -0.3 is 15.8 Å². The van der Waals surface area contributed by atoms with Gasteiger partial charge in [-0.05, 0) is 31.5 Å². The molecule has 0 fully saturated rings. The molecule has 118 valence electrons. The number of ether oxygens (including phenoxy) is 1. The molecule has 1 aromatic rings. The van der Waals surface area contributed by atoms with Gasteiger partial charge in [-0.25, -0.2) is 4.39 Å². The molecule has 1 aromatic carbocycles. The minimum Gasteiger partial charge on any atom is -0.397 e. The lowest BCUT2D eigenvalue weighted by molar-refractivity contribution is -0.122. The third-order valence-electron chi connectivity index (χ3n) is 3.25. The van der Waals surface area contributed by atoms with Crippen molar-refractivity contribution in [3.63, 3.8) is 0 Å². The molecular weight excluding hydrogens is 271 g/mol. The van der Waals surface area contributed by atoms with Gasteiger partial charge in [0.05, 0.1) is 17.5 Å². The fraction of sp³-hybridized carbons (Fsp3) is 0.562. The number of carbonyl (C=O) groups is 1. The molecule has 1 amide bonds. The zero-order chi connectivity index (χ0) is 15.7. The van der Waals surface area contributed by atoms with Gasteiger partial charge in [0.2, 0.25) is 5.91 Å². The monoisotopic (exact) mass is 296 g/mol. The molecule has 0 radical (unpaired) electrons. The van der Waals surface area contributed by atoms with Crippen LogP contribution in [-0.2, 0) is 9.53 Å². The number of anilines is 2. The van der Waals surface area contributed by atoms with Gasteiger partial charge in [-0.2, -0.15) is 0 Å². The van der Waals surface area contributed by atoms with Crippen molar-refractivity contribution < 1.29 is 13.9 Å². The lowest BCUT2D eigenvalue weighted by Crippen LogP contribution is -2.22. The molecule has 1 rings (SSSR count). The standard InChI is InChI=1S/C16H25FN2O2/c1-3-4-5-6-7-12(2)21-11-16(20)19-15-9-8-13(17)10-14(15)18/h8-10,12H,3-7,11,18H2,1-2H3,(H,19,20). The predicted octanol–water partition coefficient (Wildman–Crippen LogP) is 3.72. The van der Waals surface area contributed by atoms with E-state index in [1.54, 1.807) is 0 Å². The van der Waals surface area contributed by atoms with E-state index in [1.807, 2.05) is 6.92 Å². The van der Waals surface area contributed by atoms with Crippen molar-refractivity contribution in [2.24, 2.45) is 0 Å². The smallest absolute Gasteiger partial charge is 0.250 e. The molecule has 0 aliphatic heterocycles. The lowest BCUT2D eigenvalue weighted by atomic mass is 10.1. The first-order valence-electron chi connectivity index (χ1n) is 7.49. The molecule has 0 aromatic heterocycles. The Bertz CT molecular complexity index is 452. The maximum absolute atomic E-state index is 12.9. The second-order valence-corrected chi connectivity index (χ2v) is 5.25. The van der Waals surface area contributed by atoms with Gasteiger partial charge in [0.1, 0.15) is 12.4 Å². The quantitative estimate of drug-likeness (QED) is 0.539. The predicted molar refractivity (Wildman–Crippen MR) is 83.6 cm³/mol. The topological polar surface area (TPSA) is 64.3 Å². The maximum atomic E-state index is 12.9. The highest BCUT2D eigenvalue weighted by Crippen LogP contribution is 2.19. The Kier molecular flexibility index (Phi) is 7.75. The van der Waals surface area contributed by atoms with Crippen molar-refractivity contribution in [1.82, 2.24) is 0 Å². The highest BCUT2D eigenvalue weighted by Gasteiger charge is 2.09. The van der Waals surface area contributed by atoms with Gasteiger partial charge in [-0.1, -0.05) is 32.6 Å². The summed E-state index contributed by atoms with van der Waals surface area (Å²) in [6.45, 7) is 4.11. The third-order valence-corrected chi connectivity index (χ3v) is 3.25. The molecule has 0 aliphatic rings. The first-order valence-corrected chi connectivity index (χ1v) is 7.49. The van der Waals surface area contributed by atoms with Crippen LogP contribution in [-0.4, -0.2) is 18.6 Å². The number of hydrogen-bond acceptors (Lipinski definition) is 3. The van der Waals surface area contributed by atoms with Crippen LogP contribution in [0.2, 0.25) is 0 Å². The summed E-state index contributed by atoms with van der Waals surface area (Å²) in [5, 5.41) is 2.61. The van der Waals surface area contributed by atoms with Crippen LogP contribution in [0.25, 0.3) is 0 Å². The van der Waals surface area contributed by atoms with E-state index in [9.17, 15) is 9.18 Å². The van der Waals surface area contributed by atoms with E-state index < -0.39 is 5.82 Å². The molecule has 0 spiro atoms. The molecule has 0 saturated carbocycles. The summed E-state index contributed by atoms with van der Waals surface area (Å²) in [6, 6.07) is 3.87. The number of nitrogens with two attached hydrogens (primary N) is 1. The molecule has 3 N–H and O–H groups in total. The summed E-state index contributed by atoms with van der Waals surface area (Å²) < 4.78 is 18.4. The number of nitrogens with one attached hydrogen (secondary N) is 1. The van der Waals surface area contributed by atoms with Crippen molar-refractivity contribution in [2.45, 2.75) is 52.1 Å². The summed E-state index contributed by atoms with van der Waals surface area (Å²) in [7, 11) is 0. The summed E-state index contributed by atoms with van der Waals surface area (Å²) in [5.74, 6) is -0.712. The summed E-state index contributed by atoms with van der Waals surface area (Å²) in [4.78, 5) is 11.7. The van der Waals surface area contributed by atoms with Crippen molar-refractivity contribution in [3.8, 4) is 0 Å². The van der Waals surface area contributed by atoms with Crippen LogP contribution in [0.15, 0.2) is 18.2 Å². The van der Waals surface area contributed by atoms with Gasteiger partial charge >= 0.3 is 0 Å². The Morgan fingerprint density at radius 3 is 2.81 bits per heavy atom. The number of unbranched alkanes of at least 4 members (excludes halogenated alkanes) is 3. The highest BCUT2D eigenvalue weighted by atomic mass is 19.1. The van der Waals surface area contributed by atoms with Gasteiger partial charge in [-0.3, -0.25) is 4.79 Å². The van der Waals surface area contributed by atoms with Crippen LogP contribution in [0.4, 0.5) is 15.8 Å². The summed E-state index contributed by atoms with van der Waals surface area (Å²) in [5.41, 5.74) is 6.23. The molecule has 1 unspecified atom stereocenters. The van der Waals surface area contributed by atoms with Crippen molar-refractivity contribution in [2.75, 3.05) is 17.7 Å². The number of benzene rings is 1. The van der Waals surface area contributed by atoms with E-state index in [2.05, 4.69) is 12.2 Å². The number of rotatable bonds is 9. The molecule has 5 heteroatoms. The maximum Gasteiger partial charge on any atom is 0.250 e. The first-order chi connectivity index (χ1) is 10.0. The average Bonchev–Trinajstić information content (AvgIpc) is 2.44. The molecule has 0 heterocycles. The van der Waals surface area contributed by atoms with Gasteiger partial charge in [-0.15, -0.1) is 0 Å².